The smallest absolute Gasteiger partial charge is 0.261 e. The van der Waals surface area contributed by atoms with Crippen LogP contribution in [0.25, 0.3) is 0 Å². The number of aliphatic hydroxyl groups excluding tert-OH is 1. The molecule has 3 rings (SSSR count). The molecule has 0 saturated heterocycles. The molecule has 1 fully saturated rings. The zero-order valence-electron chi connectivity index (χ0n) is 10.7. The van der Waals surface area contributed by atoms with Crippen molar-refractivity contribution < 1.29 is 23.5 Å². The molecule has 20 heavy (non-hydrogen) atoms. The summed E-state index contributed by atoms with van der Waals surface area (Å²) in [6, 6.07) is 1.55. The second kappa shape index (κ2) is 4.34. The summed E-state index contributed by atoms with van der Waals surface area (Å²) < 4.78 is 26.4. The van der Waals surface area contributed by atoms with Gasteiger partial charge in [-0.15, -0.1) is 0 Å². The second-order valence-corrected chi connectivity index (χ2v) is 5.48. The van der Waals surface area contributed by atoms with Gasteiger partial charge in [-0.1, -0.05) is 0 Å². The van der Waals surface area contributed by atoms with Gasteiger partial charge in [-0.05, 0) is 36.8 Å². The summed E-state index contributed by atoms with van der Waals surface area (Å²) in [5, 5.41) is 9.01. The van der Waals surface area contributed by atoms with Crippen LogP contribution in [-0.4, -0.2) is 35.0 Å². The summed E-state index contributed by atoms with van der Waals surface area (Å²) in [5.41, 5.74) is -0.401. The second-order valence-electron chi connectivity index (χ2n) is 5.48. The van der Waals surface area contributed by atoms with Crippen LogP contribution in [0.15, 0.2) is 12.1 Å². The van der Waals surface area contributed by atoms with E-state index in [2.05, 4.69) is 0 Å². The number of hydrogen-bond acceptors (Lipinski definition) is 3. The van der Waals surface area contributed by atoms with Gasteiger partial charge in [0, 0.05) is 13.2 Å². The van der Waals surface area contributed by atoms with Crippen molar-refractivity contribution in [2.45, 2.75) is 19.3 Å². The molecular formula is C14H13F2NO3. The van der Waals surface area contributed by atoms with Crippen molar-refractivity contribution >= 4 is 11.8 Å². The van der Waals surface area contributed by atoms with E-state index in [1.54, 1.807) is 0 Å². The lowest BCUT2D eigenvalue weighted by molar-refractivity contribution is 0.0608. The van der Waals surface area contributed by atoms with E-state index < -0.39 is 23.4 Å². The Morgan fingerprint density at radius 2 is 1.60 bits per heavy atom. The van der Waals surface area contributed by atoms with E-state index in [0.29, 0.717) is 6.42 Å². The van der Waals surface area contributed by atoms with Gasteiger partial charge >= 0.3 is 0 Å². The molecule has 0 radical (unpaired) electrons. The van der Waals surface area contributed by atoms with Crippen molar-refractivity contribution in [2.75, 3.05) is 13.2 Å². The van der Waals surface area contributed by atoms with Crippen LogP contribution < -0.4 is 0 Å². The number of imide groups is 1. The van der Waals surface area contributed by atoms with Gasteiger partial charge in [-0.2, -0.15) is 0 Å². The van der Waals surface area contributed by atoms with Crippen molar-refractivity contribution in [3.63, 3.8) is 0 Å². The average molecular weight is 281 g/mol. The molecule has 0 spiro atoms. The number of nitrogens with zero attached hydrogens (tertiary/aromatic N) is 1. The van der Waals surface area contributed by atoms with Gasteiger partial charge in [0.25, 0.3) is 11.8 Å². The van der Waals surface area contributed by atoms with E-state index in [1.165, 1.54) is 0 Å². The first kappa shape index (κ1) is 13.2. The molecule has 2 amide bonds. The van der Waals surface area contributed by atoms with Gasteiger partial charge in [-0.3, -0.25) is 14.5 Å². The third-order valence-electron chi connectivity index (χ3n) is 4.10. The molecule has 1 aromatic rings. The molecule has 0 unspecified atom stereocenters. The quantitative estimate of drug-likeness (QED) is 0.855. The highest BCUT2D eigenvalue weighted by Crippen LogP contribution is 2.50. The number of carbonyl (C=O) groups is 2. The van der Waals surface area contributed by atoms with Crippen LogP contribution in [-0.2, 0) is 0 Å². The first-order valence-electron chi connectivity index (χ1n) is 6.43. The molecule has 2 aliphatic rings. The maximum absolute atomic E-state index is 13.2. The normalized spacial score (nSPS) is 19.4. The van der Waals surface area contributed by atoms with E-state index in [-0.39, 0.29) is 29.7 Å². The Kier molecular flexibility index (Phi) is 2.86. The molecule has 0 aromatic heterocycles. The minimum absolute atomic E-state index is 0.00751. The van der Waals surface area contributed by atoms with Gasteiger partial charge < -0.3 is 5.11 Å². The summed E-state index contributed by atoms with van der Waals surface area (Å²) in [6.07, 6.45) is 2.19. The molecule has 1 aromatic carbocycles. The number of hydrogen-bond donors (Lipinski definition) is 1. The Bertz CT molecular complexity index is 570. The lowest BCUT2D eigenvalue weighted by Crippen LogP contribution is -2.35. The fourth-order valence-electron chi connectivity index (χ4n) is 2.66. The first-order chi connectivity index (χ1) is 9.47. The maximum Gasteiger partial charge on any atom is 0.261 e. The van der Waals surface area contributed by atoms with Crippen molar-refractivity contribution in [3.8, 4) is 0 Å². The molecule has 0 atom stereocenters. The van der Waals surface area contributed by atoms with Gasteiger partial charge in [0.05, 0.1) is 11.1 Å². The Labute approximate surface area is 114 Å². The van der Waals surface area contributed by atoms with E-state index in [0.717, 1.165) is 29.9 Å². The fraction of sp³-hybridized carbons (Fsp3) is 0.429. The van der Waals surface area contributed by atoms with Crippen molar-refractivity contribution in [1.82, 2.24) is 4.90 Å². The molecule has 6 heteroatoms. The van der Waals surface area contributed by atoms with Crippen molar-refractivity contribution in [1.29, 1.82) is 0 Å². The van der Waals surface area contributed by atoms with Crippen LogP contribution in [0.1, 0.15) is 40.0 Å². The summed E-state index contributed by atoms with van der Waals surface area (Å²) in [7, 11) is 0. The molecule has 1 heterocycles. The Morgan fingerprint density at radius 3 is 2.00 bits per heavy atom. The SMILES string of the molecule is O=C1c2cc(F)c(F)cc2C(=O)N1CC1(CCO)CC1. The Morgan fingerprint density at radius 1 is 1.10 bits per heavy atom. The molecule has 1 saturated carbocycles. The van der Waals surface area contributed by atoms with Crippen LogP contribution in [0.5, 0.6) is 0 Å². The van der Waals surface area contributed by atoms with Crippen LogP contribution in [0.4, 0.5) is 8.78 Å². The molecule has 1 aliphatic heterocycles. The summed E-state index contributed by atoms with van der Waals surface area (Å²) >= 11 is 0. The first-order valence-corrected chi connectivity index (χ1v) is 6.43. The summed E-state index contributed by atoms with van der Waals surface area (Å²) in [4.78, 5) is 25.3. The molecular weight excluding hydrogens is 268 g/mol. The number of fused-ring (bicyclic) bond motifs is 1. The minimum Gasteiger partial charge on any atom is -0.396 e. The lowest BCUT2D eigenvalue weighted by atomic mass is 10.0. The number of benzene rings is 1. The molecule has 0 bridgehead atoms. The van der Waals surface area contributed by atoms with Crippen LogP contribution >= 0.6 is 0 Å². The standard InChI is InChI=1S/C14H13F2NO3/c15-10-5-8-9(6-11(10)16)13(20)17(12(8)19)7-14(1-2-14)3-4-18/h5-6,18H,1-4,7H2. The van der Waals surface area contributed by atoms with E-state index in [9.17, 15) is 18.4 Å². The van der Waals surface area contributed by atoms with Crippen molar-refractivity contribution in [2.24, 2.45) is 5.41 Å². The summed E-state index contributed by atoms with van der Waals surface area (Å²) in [5.74, 6) is -3.45. The molecule has 4 nitrogen and oxygen atoms in total. The van der Waals surface area contributed by atoms with E-state index in [4.69, 9.17) is 5.11 Å². The van der Waals surface area contributed by atoms with E-state index in [1.807, 2.05) is 0 Å². The topological polar surface area (TPSA) is 57.6 Å². The Hall–Kier alpha value is -1.82. The predicted molar refractivity (Wildman–Crippen MR) is 65.1 cm³/mol. The fourth-order valence-corrected chi connectivity index (χ4v) is 2.66. The average Bonchev–Trinajstić information content (AvgIpc) is 3.13. The van der Waals surface area contributed by atoms with Crippen LogP contribution in [0, 0.1) is 17.0 Å². The molecule has 1 N–H and O–H groups in total. The highest BCUT2D eigenvalue weighted by Gasteiger charge is 2.48. The maximum atomic E-state index is 13.2. The Balaban J connectivity index is 1.90. The third kappa shape index (κ3) is 1.91. The van der Waals surface area contributed by atoms with Crippen LogP contribution in [0.3, 0.4) is 0 Å². The third-order valence-corrected chi connectivity index (χ3v) is 4.10. The largest absolute Gasteiger partial charge is 0.396 e. The number of rotatable bonds is 4. The van der Waals surface area contributed by atoms with Gasteiger partial charge in [-0.25, -0.2) is 8.78 Å². The molecule has 106 valence electrons. The monoisotopic (exact) mass is 281 g/mol. The van der Waals surface area contributed by atoms with Crippen LogP contribution in [0.2, 0.25) is 0 Å². The zero-order valence-corrected chi connectivity index (χ0v) is 10.7. The minimum atomic E-state index is -1.14. The number of carbonyl (C=O) groups excluding carboxylic acids is 2. The van der Waals surface area contributed by atoms with Gasteiger partial charge in [0.2, 0.25) is 0 Å². The highest BCUT2D eigenvalue weighted by molar-refractivity contribution is 6.21. The number of halogens is 2. The lowest BCUT2D eigenvalue weighted by Gasteiger charge is -2.21. The number of aliphatic hydroxyl groups is 1. The van der Waals surface area contributed by atoms with Gasteiger partial charge in [0.1, 0.15) is 0 Å². The highest BCUT2D eigenvalue weighted by atomic mass is 19.2. The zero-order chi connectivity index (χ0) is 14.5. The van der Waals surface area contributed by atoms with Crippen molar-refractivity contribution in [3.05, 3.63) is 34.9 Å². The van der Waals surface area contributed by atoms with E-state index >= 15 is 0 Å². The van der Waals surface area contributed by atoms with Gasteiger partial charge in [0.15, 0.2) is 11.6 Å². The summed E-state index contributed by atoms with van der Waals surface area (Å²) in [6.45, 7) is 0.190. The number of amides is 2. The predicted octanol–water partition coefficient (Wildman–Crippen LogP) is 1.72. The molecule has 1 aliphatic carbocycles.